The first-order chi connectivity index (χ1) is 9.15. The summed E-state index contributed by atoms with van der Waals surface area (Å²) in [5.74, 6) is 0.118. The average molecular weight is 327 g/mol. The molecule has 19 heavy (non-hydrogen) atoms. The minimum Gasteiger partial charge on any atom is -0.374 e. The predicted molar refractivity (Wildman–Crippen MR) is 78.1 cm³/mol. The van der Waals surface area contributed by atoms with Crippen LogP contribution in [0, 0.1) is 0 Å². The number of likely N-dealkylation sites (N-methyl/N-ethyl adjacent to an activating group) is 1. The maximum absolute atomic E-state index is 12.1. The lowest BCUT2D eigenvalue weighted by Gasteiger charge is -2.28. The Morgan fingerprint density at radius 3 is 3.11 bits per heavy atom. The van der Waals surface area contributed by atoms with Gasteiger partial charge in [0.05, 0.1) is 19.1 Å². The molecule has 1 amide bonds. The molecule has 5 heteroatoms. The van der Waals surface area contributed by atoms with E-state index in [4.69, 9.17) is 4.74 Å². The Morgan fingerprint density at radius 2 is 2.42 bits per heavy atom. The summed E-state index contributed by atoms with van der Waals surface area (Å²) in [7, 11) is 1.83. The minimum atomic E-state index is 0.102. The number of halogens is 1. The van der Waals surface area contributed by atoms with Gasteiger partial charge in [0, 0.05) is 31.2 Å². The van der Waals surface area contributed by atoms with Crippen molar-refractivity contribution >= 4 is 21.8 Å². The zero-order valence-electron chi connectivity index (χ0n) is 11.1. The van der Waals surface area contributed by atoms with Gasteiger partial charge in [-0.1, -0.05) is 28.1 Å². The summed E-state index contributed by atoms with van der Waals surface area (Å²) in [6.07, 6.45) is 0.529. The summed E-state index contributed by atoms with van der Waals surface area (Å²) < 4.78 is 6.60. The molecule has 0 spiro atoms. The molecule has 4 nitrogen and oxygen atoms in total. The maximum atomic E-state index is 12.1. The largest absolute Gasteiger partial charge is 0.374 e. The van der Waals surface area contributed by atoms with Crippen molar-refractivity contribution in [1.29, 1.82) is 0 Å². The van der Waals surface area contributed by atoms with Crippen molar-refractivity contribution in [2.24, 2.45) is 0 Å². The summed E-state index contributed by atoms with van der Waals surface area (Å²) >= 11 is 3.42. The summed E-state index contributed by atoms with van der Waals surface area (Å²) in [5, 5.41) is 3.27. The van der Waals surface area contributed by atoms with E-state index in [0.29, 0.717) is 13.0 Å². The van der Waals surface area contributed by atoms with E-state index in [1.807, 2.05) is 31.3 Å². The van der Waals surface area contributed by atoms with E-state index < -0.39 is 0 Å². The lowest BCUT2D eigenvalue weighted by atomic mass is 10.1. The quantitative estimate of drug-likeness (QED) is 0.910. The summed E-state index contributed by atoms with van der Waals surface area (Å²) in [4.78, 5) is 13.9. The van der Waals surface area contributed by atoms with Gasteiger partial charge in [0.25, 0.3) is 0 Å². The molecule has 1 aliphatic rings. The highest BCUT2D eigenvalue weighted by Crippen LogP contribution is 2.12. The molecule has 1 unspecified atom stereocenters. The third kappa shape index (κ3) is 4.60. The molecule has 1 aromatic rings. The summed E-state index contributed by atoms with van der Waals surface area (Å²) in [5.41, 5.74) is 1.02. The maximum Gasteiger partial charge on any atom is 0.226 e. The van der Waals surface area contributed by atoms with E-state index in [1.165, 1.54) is 0 Å². The molecular formula is C14H19BrN2O2. The Bertz CT molecular complexity index is 433. The van der Waals surface area contributed by atoms with Crippen molar-refractivity contribution < 1.29 is 9.53 Å². The fraction of sp³-hybridized carbons (Fsp3) is 0.500. The number of nitrogens with one attached hydrogen (secondary N) is 1. The van der Waals surface area contributed by atoms with Gasteiger partial charge >= 0.3 is 0 Å². The number of carbonyl (C=O) groups is 1. The third-order valence-corrected chi connectivity index (χ3v) is 3.65. The molecule has 1 aromatic carbocycles. The van der Waals surface area contributed by atoms with Crippen LogP contribution in [-0.4, -0.2) is 50.2 Å². The minimum absolute atomic E-state index is 0.102. The van der Waals surface area contributed by atoms with Crippen LogP contribution in [0.1, 0.15) is 5.56 Å². The lowest BCUT2D eigenvalue weighted by molar-refractivity contribution is -0.131. The van der Waals surface area contributed by atoms with Crippen LogP contribution in [0.15, 0.2) is 28.7 Å². The molecule has 0 aliphatic carbocycles. The molecule has 1 saturated heterocycles. The summed E-state index contributed by atoms with van der Waals surface area (Å²) in [6.45, 7) is 3.07. The molecule has 1 heterocycles. The van der Waals surface area contributed by atoms with E-state index in [0.717, 1.165) is 29.7 Å². The van der Waals surface area contributed by atoms with Gasteiger partial charge in [-0.25, -0.2) is 0 Å². The van der Waals surface area contributed by atoms with E-state index >= 15 is 0 Å². The molecule has 1 aliphatic heterocycles. The van der Waals surface area contributed by atoms with Gasteiger partial charge < -0.3 is 15.0 Å². The first-order valence-corrected chi connectivity index (χ1v) is 7.25. The van der Waals surface area contributed by atoms with Gasteiger partial charge in [0.1, 0.15) is 0 Å². The summed E-state index contributed by atoms with van der Waals surface area (Å²) in [6, 6.07) is 7.85. The Hall–Kier alpha value is -0.910. The van der Waals surface area contributed by atoms with Crippen molar-refractivity contribution in [3.05, 3.63) is 34.3 Å². The lowest BCUT2D eigenvalue weighted by Crippen LogP contribution is -2.46. The van der Waals surface area contributed by atoms with E-state index in [-0.39, 0.29) is 12.0 Å². The van der Waals surface area contributed by atoms with Crippen molar-refractivity contribution in [2.45, 2.75) is 12.5 Å². The molecular weight excluding hydrogens is 308 g/mol. The molecule has 104 valence electrons. The van der Waals surface area contributed by atoms with Gasteiger partial charge in [-0.2, -0.15) is 0 Å². The second-order valence-corrected chi connectivity index (χ2v) is 5.69. The molecule has 0 radical (unpaired) electrons. The first-order valence-electron chi connectivity index (χ1n) is 6.46. The number of rotatable bonds is 4. The SMILES string of the molecule is CN(CC1CNCCO1)C(=O)Cc1cccc(Br)c1. The van der Waals surface area contributed by atoms with Crippen molar-refractivity contribution in [2.75, 3.05) is 33.3 Å². The smallest absolute Gasteiger partial charge is 0.226 e. The van der Waals surface area contributed by atoms with E-state index in [2.05, 4.69) is 21.2 Å². The predicted octanol–water partition coefficient (Wildman–Crippen LogP) is 1.44. The van der Waals surface area contributed by atoms with Crippen LogP contribution in [0.25, 0.3) is 0 Å². The van der Waals surface area contributed by atoms with Gasteiger partial charge in [-0.3, -0.25) is 4.79 Å². The first kappa shape index (κ1) is 14.5. The standard InChI is InChI=1S/C14H19BrN2O2/c1-17(10-13-9-16-5-6-19-13)14(18)8-11-3-2-4-12(15)7-11/h2-4,7,13,16H,5-6,8-10H2,1H3. The molecule has 2 rings (SSSR count). The van der Waals surface area contributed by atoms with E-state index in [9.17, 15) is 4.79 Å². The number of carbonyl (C=O) groups excluding carboxylic acids is 1. The van der Waals surface area contributed by atoms with Crippen LogP contribution in [0.5, 0.6) is 0 Å². The molecule has 1 fully saturated rings. The highest BCUT2D eigenvalue weighted by Gasteiger charge is 2.18. The number of ether oxygens (including phenoxy) is 1. The van der Waals surface area contributed by atoms with Crippen LogP contribution in [0.4, 0.5) is 0 Å². The normalized spacial score (nSPS) is 19.2. The molecule has 0 saturated carbocycles. The average Bonchev–Trinajstić information content (AvgIpc) is 2.40. The number of amides is 1. The van der Waals surface area contributed by atoms with Crippen LogP contribution in [-0.2, 0) is 16.0 Å². The molecule has 1 atom stereocenters. The van der Waals surface area contributed by atoms with Crippen molar-refractivity contribution in [3.63, 3.8) is 0 Å². The fourth-order valence-corrected chi connectivity index (χ4v) is 2.55. The molecule has 0 aromatic heterocycles. The number of nitrogens with zero attached hydrogens (tertiary/aromatic N) is 1. The molecule has 0 bridgehead atoms. The fourth-order valence-electron chi connectivity index (χ4n) is 2.10. The number of hydrogen-bond donors (Lipinski definition) is 1. The second-order valence-electron chi connectivity index (χ2n) is 4.78. The highest BCUT2D eigenvalue weighted by molar-refractivity contribution is 9.10. The van der Waals surface area contributed by atoms with Gasteiger partial charge in [-0.05, 0) is 17.7 Å². The third-order valence-electron chi connectivity index (χ3n) is 3.15. The Labute approximate surface area is 122 Å². The van der Waals surface area contributed by atoms with Crippen LogP contribution in [0.3, 0.4) is 0 Å². The monoisotopic (exact) mass is 326 g/mol. The number of benzene rings is 1. The van der Waals surface area contributed by atoms with Crippen LogP contribution >= 0.6 is 15.9 Å². The zero-order valence-corrected chi connectivity index (χ0v) is 12.6. The zero-order chi connectivity index (χ0) is 13.7. The highest BCUT2D eigenvalue weighted by atomic mass is 79.9. The second kappa shape index (κ2) is 7.03. The van der Waals surface area contributed by atoms with Gasteiger partial charge in [0.2, 0.25) is 5.91 Å². The van der Waals surface area contributed by atoms with Gasteiger partial charge in [0.15, 0.2) is 0 Å². The van der Waals surface area contributed by atoms with E-state index in [1.54, 1.807) is 4.90 Å². The Morgan fingerprint density at radius 1 is 1.58 bits per heavy atom. The number of morpholine rings is 1. The van der Waals surface area contributed by atoms with Crippen LogP contribution in [0.2, 0.25) is 0 Å². The van der Waals surface area contributed by atoms with Crippen LogP contribution < -0.4 is 5.32 Å². The van der Waals surface area contributed by atoms with Crippen molar-refractivity contribution in [3.8, 4) is 0 Å². The topological polar surface area (TPSA) is 41.6 Å². The molecule has 1 N–H and O–H groups in total. The van der Waals surface area contributed by atoms with Crippen molar-refractivity contribution in [1.82, 2.24) is 10.2 Å². The Kier molecular flexibility index (Phi) is 5.36. The van der Waals surface area contributed by atoms with Gasteiger partial charge in [-0.15, -0.1) is 0 Å². The Balaban J connectivity index is 1.84. The number of hydrogen-bond acceptors (Lipinski definition) is 3.